The van der Waals surface area contributed by atoms with Crippen LogP contribution < -0.4 is 4.74 Å². The number of rotatable bonds is 6. The molecule has 0 saturated heterocycles. The molecule has 0 spiro atoms. The van der Waals surface area contributed by atoms with Gasteiger partial charge in [-0.05, 0) is 25.1 Å². The number of pyridine rings is 1. The number of hydrogen-bond acceptors (Lipinski definition) is 6. The largest absolute Gasteiger partial charge is 0.463 e. The Labute approximate surface area is 155 Å². The minimum atomic E-state index is -1.59. The second-order valence-corrected chi connectivity index (χ2v) is 5.93. The van der Waals surface area contributed by atoms with Gasteiger partial charge in [-0.1, -0.05) is 33.6 Å². The van der Waals surface area contributed by atoms with Gasteiger partial charge in [0.25, 0.3) is 5.88 Å². The Balaban J connectivity index is 2.49. The highest BCUT2D eigenvalue weighted by molar-refractivity contribution is 9.10. The Morgan fingerprint density at radius 1 is 1.44 bits per heavy atom. The number of nitro groups is 1. The standard InChI is InChI=1S/C15H11BrClFN2O5/c1-2-24-15(21)13(9-4-3-8(16)7-10(9)18)25-14-11(20(22)23)5-6-12(17)19-14/h3-7,13H,2H2,1H3. The lowest BCUT2D eigenvalue weighted by molar-refractivity contribution is -0.386. The first-order valence-electron chi connectivity index (χ1n) is 6.92. The molecule has 7 nitrogen and oxygen atoms in total. The first kappa shape index (κ1) is 19.1. The van der Waals surface area contributed by atoms with Crippen LogP contribution in [-0.2, 0) is 9.53 Å². The van der Waals surface area contributed by atoms with Crippen molar-refractivity contribution in [2.24, 2.45) is 0 Å². The predicted molar refractivity (Wildman–Crippen MR) is 90.0 cm³/mol. The quantitative estimate of drug-likeness (QED) is 0.293. The van der Waals surface area contributed by atoms with Crippen LogP contribution in [0.3, 0.4) is 0 Å². The van der Waals surface area contributed by atoms with E-state index in [2.05, 4.69) is 20.9 Å². The summed E-state index contributed by atoms with van der Waals surface area (Å²) in [5, 5.41) is 11.0. The fourth-order valence-corrected chi connectivity index (χ4v) is 2.39. The van der Waals surface area contributed by atoms with Gasteiger partial charge < -0.3 is 9.47 Å². The molecule has 132 valence electrons. The molecule has 1 aromatic carbocycles. The molecule has 1 unspecified atom stereocenters. The molecule has 0 aliphatic heterocycles. The molecule has 2 aromatic rings. The third kappa shape index (κ3) is 4.64. The molecule has 0 aliphatic carbocycles. The summed E-state index contributed by atoms with van der Waals surface area (Å²) in [6, 6.07) is 6.20. The van der Waals surface area contributed by atoms with E-state index in [1.165, 1.54) is 18.2 Å². The van der Waals surface area contributed by atoms with E-state index in [0.29, 0.717) is 4.47 Å². The van der Waals surface area contributed by atoms with E-state index in [1.807, 2.05) is 0 Å². The Morgan fingerprint density at radius 3 is 2.76 bits per heavy atom. The Kier molecular flexibility index (Phi) is 6.27. The van der Waals surface area contributed by atoms with Gasteiger partial charge in [-0.15, -0.1) is 0 Å². The summed E-state index contributed by atoms with van der Waals surface area (Å²) in [4.78, 5) is 26.3. The molecule has 0 saturated carbocycles. The van der Waals surface area contributed by atoms with Gasteiger partial charge in [0.1, 0.15) is 11.0 Å². The van der Waals surface area contributed by atoms with Crippen LogP contribution in [0.2, 0.25) is 5.15 Å². The second kappa shape index (κ2) is 8.21. The molecule has 0 aliphatic rings. The van der Waals surface area contributed by atoms with Gasteiger partial charge in [0.05, 0.1) is 11.5 Å². The van der Waals surface area contributed by atoms with Gasteiger partial charge in [0.2, 0.25) is 6.10 Å². The van der Waals surface area contributed by atoms with Crippen molar-refractivity contribution >= 4 is 39.2 Å². The normalized spacial score (nSPS) is 11.7. The van der Waals surface area contributed by atoms with E-state index in [9.17, 15) is 19.3 Å². The summed E-state index contributed by atoms with van der Waals surface area (Å²) in [5.41, 5.74) is -0.672. The van der Waals surface area contributed by atoms with E-state index in [4.69, 9.17) is 21.1 Å². The average molecular weight is 434 g/mol. The lowest BCUT2D eigenvalue weighted by Gasteiger charge is -2.18. The zero-order chi connectivity index (χ0) is 18.6. The molecule has 1 heterocycles. The monoisotopic (exact) mass is 432 g/mol. The van der Waals surface area contributed by atoms with Crippen LogP contribution in [-0.4, -0.2) is 22.5 Å². The fraction of sp³-hybridized carbons (Fsp3) is 0.200. The van der Waals surface area contributed by atoms with E-state index in [0.717, 1.165) is 12.1 Å². The van der Waals surface area contributed by atoms with Crippen LogP contribution in [0.1, 0.15) is 18.6 Å². The molecule has 0 fully saturated rings. The number of aromatic nitrogens is 1. The van der Waals surface area contributed by atoms with Crippen LogP contribution in [0.15, 0.2) is 34.8 Å². The SMILES string of the molecule is CCOC(=O)C(Oc1nc(Cl)ccc1[N+](=O)[O-])c1ccc(Br)cc1F. The molecule has 1 aromatic heterocycles. The van der Waals surface area contributed by atoms with Gasteiger partial charge in [-0.25, -0.2) is 9.18 Å². The van der Waals surface area contributed by atoms with Crippen molar-refractivity contribution in [2.75, 3.05) is 6.61 Å². The summed E-state index contributed by atoms with van der Waals surface area (Å²) in [7, 11) is 0. The predicted octanol–water partition coefficient (Wildman–Crippen LogP) is 4.23. The van der Waals surface area contributed by atoms with Gasteiger partial charge in [-0.2, -0.15) is 4.98 Å². The Bertz CT molecular complexity index is 821. The molecule has 25 heavy (non-hydrogen) atoms. The minimum Gasteiger partial charge on any atom is -0.463 e. The maximum Gasteiger partial charge on any atom is 0.352 e. The third-order valence-electron chi connectivity index (χ3n) is 2.98. The van der Waals surface area contributed by atoms with Crippen molar-refractivity contribution in [3.05, 3.63) is 61.5 Å². The highest BCUT2D eigenvalue weighted by Crippen LogP contribution is 2.32. The van der Waals surface area contributed by atoms with E-state index >= 15 is 0 Å². The number of carbonyl (C=O) groups is 1. The molecule has 0 bridgehead atoms. The molecule has 2 rings (SSSR count). The Hall–Kier alpha value is -2.26. The fourth-order valence-electron chi connectivity index (χ4n) is 1.92. The smallest absolute Gasteiger partial charge is 0.352 e. The Morgan fingerprint density at radius 2 is 2.16 bits per heavy atom. The number of carbonyl (C=O) groups excluding carboxylic acids is 1. The van der Waals surface area contributed by atoms with Crippen molar-refractivity contribution in [2.45, 2.75) is 13.0 Å². The van der Waals surface area contributed by atoms with E-state index in [-0.39, 0.29) is 17.3 Å². The van der Waals surface area contributed by atoms with Crippen molar-refractivity contribution in [3.8, 4) is 5.88 Å². The number of nitrogens with zero attached hydrogens (tertiary/aromatic N) is 2. The van der Waals surface area contributed by atoms with Crippen LogP contribution in [0.25, 0.3) is 0 Å². The maximum atomic E-state index is 14.2. The average Bonchev–Trinajstić information content (AvgIpc) is 2.53. The summed E-state index contributed by atoms with van der Waals surface area (Å²) < 4.78 is 24.9. The van der Waals surface area contributed by atoms with Crippen LogP contribution in [0.5, 0.6) is 5.88 Å². The first-order valence-corrected chi connectivity index (χ1v) is 8.09. The van der Waals surface area contributed by atoms with Gasteiger partial charge >= 0.3 is 11.7 Å². The molecular formula is C15H11BrClFN2O5. The van der Waals surface area contributed by atoms with Crippen molar-refractivity contribution in [1.29, 1.82) is 0 Å². The second-order valence-electron chi connectivity index (χ2n) is 4.63. The molecule has 1 atom stereocenters. The van der Waals surface area contributed by atoms with Crippen molar-refractivity contribution < 1.29 is 23.6 Å². The lowest BCUT2D eigenvalue weighted by Crippen LogP contribution is -2.23. The van der Waals surface area contributed by atoms with Crippen LogP contribution in [0.4, 0.5) is 10.1 Å². The number of benzene rings is 1. The number of hydrogen-bond donors (Lipinski definition) is 0. The zero-order valence-electron chi connectivity index (χ0n) is 12.7. The highest BCUT2D eigenvalue weighted by Gasteiger charge is 2.31. The van der Waals surface area contributed by atoms with Crippen LogP contribution >= 0.6 is 27.5 Å². The molecule has 0 radical (unpaired) electrons. The molecule has 0 amide bonds. The summed E-state index contributed by atoms with van der Waals surface area (Å²) in [5.74, 6) is -2.19. The lowest BCUT2D eigenvalue weighted by atomic mass is 10.1. The van der Waals surface area contributed by atoms with Gasteiger partial charge in [-0.3, -0.25) is 10.1 Å². The molecular weight excluding hydrogens is 423 g/mol. The summed E-state index contributed by atoms with van der Waals surface area (Å²) >= 11 is 8.84. The topological polar surface area (TPSA) is 91.6 Å². The first-order chi connectivity index (χ1) is 11.8. The molecule has 10 heteroatoms. The third-order valence-corrected chi connectivity index (χ3v) is 3.68. The summed E-state index contributed by atoms with van der Waals surface area (Å²) in [6.45, 7) is 1.58. The number of ether oxygens (including phenoxy) is 2. The summed E-state index contributed by atoms with van der Waals surface area (Å²) in [6.07, 6.45) is -1.59. The van der Waals surface area contributed by atoms with Crippen molar-refractivity contribution in [3.63, 3.8) is 0 Å². The van der Waals surface area contributed by atoms with Crippen LogP contribution in [0, 0.1) is 15.9 Å². The minimum absolute atomic E-state index is 0.0158. The van der Waals surface area contributed by atoms with Gasteiger partial charge in [0.15, 0.2) is 0 Å². The van der Waals surface area contributed by atoms with Gasteiger partial charge in [0, 0.05) is 16.1 Å². The van der Waals surface area contributed by atoms with E-state index < -0.39 is 34.4 Å². The zero-order valence-corrected chi connectivity index (χ0v) is 15.1. The number of halogens is 3. The van der Waals surface area contributed by atoms with Crippen molar-refractivity contribution in [1.82, 2.24) is 4.98 Å². The maximum absolute atomic E-state index is 14.2. The van der Waals surface area contributed by atoms with E-state index in [1.54, 1.807) is 6.92 Å². The number of esters is 1. The highest BCUT2D eigenvalue weighted by atomic mass is 79.9. The molecule has 0 N–H and O–H groups in total.